The average Bonchev–Trinajstić information content (AvgIpc) is 2.90. The van der Waals surface area contributed by atoms with Crippen LogP contribution in [0, 0.1) is 0 Å². The lowest BCUT2D eigenvalue weighted by molar-refractivity contribution is -0.152. The maximum atomic E-state index is 12.1. The molecule has 0 bridgehead atoms. The van der Waals surface area contributed by atoms with Gasteiger partial charge in [-0.25, -0.2) is 0 Å². The van der Waals surface area contributed by atoms with Crippen molar-refractivity contribution in [3.8, 4) is 0 Å². The number of nitrogens with zero attached hydrogens (tertiary/aromatic N) is 1. The van der Waals surface area contributed by atoms with E-state index in [0.717, 1.165) is 0 Å². The molecular weight excluding hydrogens is 342 g/mol. The van der Waals surface area contributed by atoms with E-state index < -0.39 is 11.6 Å². The van der Waals surface area contributed by atoms with Crippen LogP contribution in [0.15, 0.2) is 0 Å². The first-order valence-electron chi connectivity index (χ1n) is 7.18. The van der Waals surface area contributed by atoms with Crippen LogP contribution in [0.1, 0.15) is 27.7 Å². The van der Waals surface area contributed by atoms with E-state index in [-0.39, 0.29) is 23.4 Å². The predicted molar refractivity (Wildman–Crippen MR) is 80.2 cm³/mol. The first kappa shape index (κ1) is 17.1. The van der Waals surface area contributed by atoms with Gasteiger partial charge in [-0.05, 0) is 27.7 Å². The summed E-state index contributed by atoms with van der Waals surface area (Å²) in [7, 11) is 0. The predicted octanol–water partition coefficient (Wildman–Crippen LogP) is 1.51. The fraction of sp³-hybridized carbons (Fsp3) is 0.929. The Bertz CT molecular complexity index is 360. The Morgan fingerprint density at radius 3 is 1.76 bits per heavy atom. The van der Waals surface area contributed by atoms with Crippen molar-refractivity contribution < 1.29 is 23.7 Å². The average molecular weight is 366 g/mol. The van der Waals surface area contributed by atoms with Gasteiger partial charge in [-0.2, -0.15) is 0 Å². The van der Waals surface area contributed by atoms with Gasteiger partial charge in [0.05, 0.1) is 18.5 Å². The Morgan fingerprint density at radius 2 is 1.48 bits per heavy atom. The topological polar surface area (TPSA) is 57.2 Å². The third-order valence-corrected chi connectivity index (χ3v) is 3.93. The highest BCUT2D eigenvalue weighted by molar-refractivity contribution is 9.09. The molecule has 1 amide bonds. The summed E-state index contributed by atoms with van der Waals surface area (Å²) in [5.74, 6) is -1.15. The van der Waals surface area contributed by atoms with Crippen molar-refractivity contribution in [2.75, 3.05) is 31.6 Å². The molecule has 2 unspecified atom stereocenters. The van der Waals surface area contributed by atoms with Gasteiger partial charge in [0.1, 0.15) is 12.2 Å². The highest BCUT2D eigenvalue weighted by atomic mass is 79.9. The van der Waals surface area contributed by atoms with Crippen LogP contribution >= 0.6 is 15.9 Å². The number of hydrogen-bond acceptors (Lipinski definition) is 5. The smallest absolute Gasteiger partial charge is 0.233 e. The van der Waals surface area contributed by atoms with Gasteiger partial charge in [-0.1, -0.05) is 15.9 Å². The fourth-order valence-electron chi connectivity index (χ4n) is 2.56. The molecule has 0 aromatic carbocycles. The van der Waals surface area contributed by atoms with Crippen LogP contribution < -0.4 is 0 Å². The quantitative estimate of drug-likeness (QED) is 0.691. The number of hydrogen-bond donors (Lipinski definition) is 0. The van der Waals surface area contributed by atoms with E-state index >= 15 is 0 Å². The largest absolute Gasteiger partial charge is 0.348 e. The molecule has 2 saturated heterocycles. The molecule has 2 atom stereocenters. The molecule has 0 spiro atoms. The molecule has 2 fully saturated rings. The van der Waals surface area contributed by atoms with Gasteiger partial charge in [0, 0.05) is 13.1 Å². The Kier molecular flexibility index (Phi) is 5.31. The zero-order chi connectivity index (χ0) is 15.7. The molecule has 122 valence electrons. The lowest BCUT2D eigenvalue weighted by Gasteiger charge is -2.27. The Morgan fingerprint density at radius 1 is 1.05 bits per heavy atom. The van der Waals surface area contributed by atoms with Gasteiger partial charge in [-0.3, -0.25) is 4.79 Å². The number of halogens is 1. The maximum absolute atomic E-state index is 12.1. The highest BCUT2D eigenvalue weighted by Gasteiger charge is 2.37. The van der Waals surface area contributed by atoms with E-state index in [4.69, 9.17) is 18.9 Å². The van der Waals surface area contributed by atoms with E-state index in [9.17, 15) is 4.79 Å². The molecule has 2 aliphatic heterocycles. The minimum Gasteiger partial charge on any atom is -0.348 e. The lowest BCUT2D eigenvalue weighted by atomic mass is 10.3. The minimum absolute atomic E-state index is 0.0108. The summed E-state index contributed by atoms with van der Waals surface area (Å²) in [5.41, 5.74) is 0. The van der Waals surface area contributed by atoms with Crippen molar-refractivity contribution >= 4 is 21.8 Å². The van der Waals surface area contributed by atoms with Gasteiger partial charge in [-0.15, -0.1) is 0 Å². The van der Waals surface area contributed by atoms with Crippen LogP contribution in [0.25, 0.3) is 0 Å². The second kappa shape index (κ2) is 6.50. The first-order chi connectivity index (χ1) is 9.71. The molecule has 0 aromatic rings. The van der Waals surface area contributed by atoms with Crippen LogP contribution in [0.5, 0.6) is 0 Å². The lowest BCUT2D eigenvalue weighted by Crippen LogP contribution is -2.44. The monoisotopic (exact) mass is 365 g/mol. The summed E-state index contributed by atoms with van der Waals surface area (Å²) in [6, 6.07) is 0. The number of carbonyl (C=O) groups is 1. The summed E-state index contributed by atoms with van der Waals surface area (Å²) in [6.45, 7) is 9.47. The molecule has 0 radical (unpaired) electrons. The maximum Gasteiger partial charge on any atom is 0.233 e. The third kappa shape index (κ3) is 4.89. The molecule has 0 aromatic heterocycles. The molecule has 0 N–H and O–H groups in total. The van der Waals surface area contributed by atoms with Gasteiger partial charge in [0.15, 0.2) is 11.6 Å². The molecule has 2 heterocycles. The molecule has 7 heteroatoms. The number of rotatable bonds is 5. The van der Waals surface area contributed by atoms with Crippen molar-refractivity contribution in [1.29, 1.82) is 0 Å². The van der Waals surface area contributed by atoms with Crippen LogP contribution in [0.2, 0.25) is 0 Å². The Hall–Kier alpha value is -0.210. The van der Waals surface area contributed by atoms with E-state index in [1.165, 1.54) is 0 Å². The standard InChI is InChI=1S/C14H24BrNO5/c1-13(2)18-8-10(20-13)6-16(12(17)5-15)7-11-9-19-14(3,4)21-11/h10-11H,5-9H2,1-4H3. The van der Waals surface area contributed by atoms with Crippen LogP contribution in [-0.4, -0.2) is 66.2 Å². The molecular formula is C14H24BrNO5. The molecule has 0 aliphatic carbocycles. The summed E-state index contributed by atoms with van der Waals surface area (Å²) < 4.78 is 22.6. The third-order valence-electron chi connectivity index (χ3n) is 3.45. The SMILES string of the molecule is CC1(C)OCC(CN(CC2COC(C)(C)O2)C(=O)CBr)O1. The molecule has 2 rings (SSSR count). The van der Waals surface area contributed by atoms with Crippen LogP contribution in [-0.2, 0) is 23.7 Å². The Balaban J connectivity index is 1.91. The minimum atomic E-state index is -0.581. The van der Waals surface area contributed by atoms with Crippen molar-refractivity contribution in [3.05, 3.63) is 0 Å². The number of carbonyl (C=O) groups excluding carboxylic acids is 1. The molecule has 21 heavy (non-hydrogen) atoms. The van der Waals surface area contributed by atoms with E-state index in [0.29, 0.717) is 26.3 Å². The number of alkyl halides is 1. The normalized spacial score (nSPS) is 30.5. The summed E-state index contributed by atoms with van der Waals surface area (Å²) in [5, 5.41) is 0.279. The summed E-state index contributed by atoms with van der Waals surface area (Å²) in [4.78, 5) is 13.8. The highest BCUT2D eigenvalue weighted by Crippen LogP contribution is 2.25. The fourth-order valence-corrected chi connectivity index (χ4v) is 2.91. The second-order valence-electron chi connectivity index (χ2n) is 6.33. The van der Waals surface area contributed by atoms with Gasteiger partial charge in [0.25, 0.3) is 0 Å². The summed E-state index contributed by atoms with van der Waals surface area (Å²) in [6.07, 6.45) is -0.225. The number of amides is 1. The van der Waals surface area contributed by atoms with Gasteiger partial charge < -0.3 is 23.8 Å². The van der Waals surface area contributed by atoms with E-state index in [1.54, 1.807) is 4.90 Å². The van der Waals surface area contributed by atoms with E-state index in [2.05, 4.69) is 15.9 Å². The first-order valence-corrected chi connectivity index (χ1v) is 8.30. The van der Waals surface area contributed by atoms with Crippen LogP contribution in [0.3, 0.4) is 0 Å². The zero-order valence-electron chi connectivity index (χ0n) is 13.1. The van der Waals surface area contributed by atoms with Gasteiger partial charge in [0.2, 0.25) is 5.91 Å². The summed E-state index contributed by atoms with van der Waals surface area (Å²) >= 11 is 3.22. The second-order valence-corrected chi connectivity index (χ2v) is 6.89. The molecule has 6 nitrogen and oxygen atoms in total. The van der Waals surface area contributed by atoms with Gasteiger partial charge >= 0.3 is 0 Å². The van der Waals surface area contributed by atoms with Crippen molar-refractivity contribution in [2.24, 2.45) is 0 Å². The van der Waals surface area contributed by atoms with Crippen molar-refractivity contribution in [3.63, 3.8) is 0 Å². The number of ether oxygens (including phenoxy) is 4. The van der Waals surface area contributed by atoms with E-state index in [1.807, 2.05) is 27.7 Å². The Labute approximate surface area is 134 Å². The van der Waals surface area contributed by atoms with Crippen molar-refractivity contribution in [1.82, 2.24) is 4.90 Å². The molecule has 0 saturated carbocycles. The van der Waals surface area contributed by atoms with Crippen LogP contribution in [0.4, 0.5) is 0 Å². The van der Waals surface area contributed by atoms with Crippen molar-refractivity contribution in [2.45, 2.75) is 51.5 Å². The zero-order valence-corrected chi connectivity index (χ0v) is 14.6. The molecule has 2 aliphatic rings.